The van der Waals surface area contributed by atoms with E-state index in [4.69, 9.17) is 5.41 Å². The predicted octanol–water partition coefficient (Wildman–Crippen LogP) is -0.120. The molecular weight excluding hydrogens is 120 g/mol. The molecule has 50 valence electrons. The number of carbonyl (C=O) groups excluding carboxylic acids is 1. The number of ether oxygens (including phenoxy) is 1. The fourth-order valence-electron chi connectivity index (χ4n) is 0.312. The van der Waals surface area contributed by atoms with Gasteiger partial charge in [0.15, 0.2) is 12.0 Å². The van der Waals surface area contributed by atoms with Crippen LogP contribution in [0.15, 0.2) is 4.99 Å². The van der Waals surface area contributed by atoms with E-state index >= 15 is 0 Å². The summed E-state index contributed by atoms with van der Waals surface area (Å²) in [5.41, 5.74) is 0.0255. The Morgan fingerprint density at radius 3 is 2.44 bits per heavy atom. The zero-order valence-corrected chi connectivity index (χ0v) is 5.34. The predicted molar refractivity (Wildman–Crippen MR) is 34.2 cm³/mol. The molecule has 0 radical (unpaired) electrons. The standard InChI is InChI=1S/C5H8N2O2/c1-7-4(3-8)5(6)9-2/h3,6H,1-2H3. The lowest BCUT2D eigenvalue weighted by molar-refractivity contribution is -0.102. The van der Waals surface area contributed by atoms with Gasteiger partial charge in [-0.3, -0.25) is 15.2 Å². The van der Waals surface area contributed by atoms with Gasteiger partial charge >= 0.3 is 0 Å². The summed E-state index contributed by atoms with van der Waals surface area (Å²) in [6.07, 6.45) is 0.478. The van der Waals surface area contributed by atoms with Crippen LogP contribution in [-0.2, 0) is 9.53 Å². The fourth-order valence-corrected chi connectivity index (χ4v) is 0.312. The lowest BCUT2D eigenvalue weighted by Crippen LogP contribution is -2.15. The summed E-state index contributed by atoms with van der Waals surface area (Å²) >= 11 is 0. The van der Waals surface area contributed by atoms with E-state index in [2.05, 4.69) is 9.73 Å². The van der Waals surface area contributed by atoms with E-state index in [0.717, 1.165) is 0 Å². The molecule has 0 atom stereocenters. The van der Waals surface area contributed by atoms with Crippen LogP contribution in [-0.4, -0.2) is 32.1 Å². The molecule has 4 nitrogen and oxygen atoms in total. The largest absolute Gasteiger partial charge is 0.480 e. The topological polar surface area (TPSA) is 62.5 Å². The summed E-state index contributed by atoms with van der Waals surface area (Å²) in [4.78, 5) is 13.5. The number of nitrogens with one attached hydrogen (secondary N) is 1. The molecule has 0 heterocycles. The van der Waals surface area contributed by atoms with Crippen molar-refractivity contribution in [1.29, 1.82) is 5.41 Å². The molecule has 0 amide bonds. The fraction of sp³-hybridized carbons (Fsp3) is 0.400. The first-order valence-electron chi connectivity index (χ1n) is 2.31. The second-order valence-electron chi connectivity index (χ2n) is 1.26. The average molecular weight is 128 g/mol. The Labute approximate surface area is 53.1 Å². The van der Waals surface area contributed by atoms with Gasteiger partial charge in [0.05, 0.1) is 7.11 Å². The summed E-state index contributed by atoms with van der Waals surface area (Å²) < 4.78 is 4.42. The molecule has 0 aromatic rings. The van der Waals surface area contributed by atoms with Crippen LogP contribution >= 0.6 is 0 Å². The number of aliphatic imine (C=N–C) groups is 1. The van der Waals surface area contributed by atoms with Crippen molar-refractivity contribution in [3.05, 3.63) is 0 Å². The normalized spacial score (nSPS) is 10.7. The Kier molecular flexibility index (Phi) is 3.27. The van der Waals surface area contributed by atoms with Crippen LogP contribution in [0.5, 0.6) is 0 Å². The van der Waals surface area contributed by atoms with Crippen LogP contribution in [0.1, 0.15) is 0 Å². The molecule has 0 rings (SSSR count). The van der Waals surface area contributed by atoms with E-state index in [-0.39, 0.29) is 11.6 Å². The van der Waals surface area contributed by atoms with Gasteiger partial charge < -0.3 is 4.74 Å². The van der Waals surface area contributed by atoms with Crippen molar-refractivity contribution in [1.82, 2.24) is 0 Å². The molecule has 4 heteroatoms. The third kappa shape index (κ3) is 2.03. The Hall–Kier alpha value is -1.19. The van der Waals surface area contributed by atoms with E-state index in [1.54, 1.807) is 0 Å². The molecule has 9 heavy (non-hydrogen) atoms. The van der Waals surface area contributed by atoms with Crippen molar-refractivity contribution in [3.63, 3.8) is 0 Å². The third-order valence-electron chi connectivity index (χ3n) is 0.789. The van der Waals surface area contributed by atoms with Crippen LogP contribution in [0.4, 0.5) is 0 Å². The van der Waals surface area contributed by atoms with Crippen molar-refractivity contribution in [3.8, 4) is 0 Å². The Morgan fingerprint density at radius 2 is 2.33 bits per heavy atom. The van der Waals surface area contributed by atoms with Crippen molar-refractivity contribution < 1.29 is 9.53 Å². The summed E-state index contributed by atoms with van der Waals surface area (Å²) in [6, 6.07) is 0. The van der Waals surface area contributed by atoms with Crippen LogP contribution in [0.25, 0.3) is 0 Å². The molecule has 0 aliphatic heterocycles. The van der Waals surface area contributed by atoms with Gasteiger partial charge in [0, 0.05) is 7.05 Å². The second-order valence-corrected chi connectivity index (χ2v) is 1.26. The second kappa shape index (κ2) is 3.77. The molecule has 0 aliphatic carbocycles. The number of aldehydes is 1. The highest BCUT2D eigenvalue weighted by atomic mass is 16.5. The molecular formula is C5H8N2O2. The van der Waals surface area contributed by atoms with Gasteiger partial charge in [-0.05, 0) is 0 Å². The highest BCUT2D eigenvalue weighted by molar-refractivity contribution is 6.58. The van der Waals surface area contributed by atoms with Gasteiger partial charge in [-0.1, -0.05) is 0 Å². The van der Waals surface area contributed by atoms with Crippen LogP contribution < -0.4 is 0 Å². The zero-order valence-electron chi connectivity index (χ0n) is 5.34. The molecule has 0 unspecified atom stereocenters. The van der Waals surface area contributed by atoms with Gasteiger partial charge in [0.25, 0.3) is 0 Å². The van der Waals surface area contributed by atoms with Crippen molar-refractivity contribution >= 4 is 17.9 Å². The highest BCUT2D eigenvalue weighted by Crippen LogP contribution is 1.77. The summed E-state index contributed by atoms with van der Waals surface area (Å²) in [6.45, 7) is 0. The minimum absolute atomic E-state index is 0.0255. The van der Waals surface area contributed by atoms with Gasteiger partial charge in [-0.2, -0.15) is 0 Å². The first kappa shape index (κ1) is 7.81. The maximum atomic E-state index is 9.98. The monoisotopic (exact) mass is 128 g/mol. The van der Waals surface area contributed by atoms with Gasteiger partial charge in [0.1, 0.15) is 0 Å². The summed E-state index contributed by atoms with van der Waals surface area (Å²) in [5, 5.41) is 6.91. The van der Waals surface area contributed by atoms with E-state index in [9.17, 15) is 4.79 Å². The van der Waals surface area contributed by atoms with E-state index in [0.29, 0.717) is 6.29 Å². The number of methoxy groups -OCH3 is 1. The molecule has 0 aliphatic rings. The van der Waals surface area contributed by atoms with Crippen LogP contribution in [0.3, 0.4) is 0 Å². The molecule has 1 N–H and O–H groups in total. The summed E-state index contributed by atoms with van der Waals surface area (Å²) in [5.74, 6) is -0.201. The molecule has 0 saturated heterocycles. The SMILES string of the molecule is CN=C(C=O)C(=N)OC. The maximum Gasteiger partial charge on any atom is 0.235 e. The van der Waals surface area contributed by atoms with Crippen molar-refractivity contribution in [2.24, 2.45) is 4.99 Å². The first-order valence-corrected chi connectivity index (χ1v) is 2.31. The summed E-state index contributed by atoms with van der Waals surface area (Å²) in [7, 11) is 2.74. The lowest BCUT2D eigenvalue weighted by Gasteiger charge is -1.95. The van der Waals surface area contributed by atoms with Gasteiger partial charge in [-0.15, -0.1) is 0 Å². The average Bonchev–Trinajstić information content (AvgIpc) is 1.90. The molecule has 0 aromatic heterocycles. The number of hydrogen-bond acceptors (Lipinski definition) is 4. The maximum absolute atomic E-state index is 9.98. The number of rotatable bonds is 2. The van der Waals surface area contributed by atoms with Gasteiger partial charge in [-0.25, -0.2) is 0 Å². The zero-order chi connectivity index (χ0) is 7.28. The first-order chi connectivity index (χ1) is 4.26. The van der Waals surface area contributed by atoms with Crippen LogP contribution in [0.2, 0.25) is 0 Å². The smallest absolute Gasteiger partial charge is 0.235 e. The molecule has 0 aromatic carbocycles. The lowest BCUT2D eigenvalue weighted by atomic mass is 10.4. The van der Waals surface area contributed by atoms with Crippen LogP contribution in [0, 0.1) is 5.41 Å². The molecule has 0 saturated carbocycles. The van der Waals surface area contributed by atoms with E-state index in [1.165, 1.54) is 14.2 Å². The van der Waals surface area contributed by atoms with E-state index < -0.39 is 0 Å². The highest BCUT2D eigenvalue weighted by Gasteiger charge is 2.01. The quantitative estimate of drug-likeness (QED) is 0.320. The Morgan fingerprint density at radius 1 is 1.78 bits per heavy atom. The van der Waals surface area contributed by atoms with Crippen molar-refractivity contribution in [2.75, 3.05) is 14.2 Å². The minimum Gasteiger partial charge on any atom is -0.480 e. The van der Waals surface area contributed by atoms with Gasteiger partial charge in [0.2, 0.25) is 5.90 Å². The molecule has 0 bridgehead atoms. The van der Waals surface area contributed by atoms with E-state index in [1.807, 2.05) is 0 Å². The molecule has 0 spiro atoms. The number of nitrogens with zero attached hydrogens (tertiary/aromatic N) is 1. The molecule has 0 fully saturated rings. The Balaban J connectivity index is 4.14. The third-order valence-corrected chi connectivity index (χ3v) is 0.789. The minimum atomic E-state index is -0.201. The Bertz CT molecular complexity index is 151. The number of carbonyl (C=O) groups is 1. The number of hydrogen-bond donors (Lipinski definition) is 1. The van der Waals surface area contributed by atoms with Crippen molar-refractivity contribution in [2.45, 2.75) is 0 Å².